The molecular formula is C16H28NO9P. The monoisotopic (exact) mass is 415 g/mol. The minimum Gasteiger partial charge on any atom is -0.469 e. The maximum absolute atomic E-state index is 12.6. The molecule has 1 fully saturated rings. The number of rotatable bonds is 7. The van der Waals surface area contributed by atoms with Gasteiger partial charge in [0.05, 0.1) is 25.6 Å². The van der Waals surface area contributed by atoms with Gasteiger partial charge in [-0.1, -0.05) is 13.8 Å². The van der Waals surface area contributed by atoms with E-state index in [4.69, 9.17) is 18.3 Å². The van der Waals surface area contributed by atoms with Gasteiger partial charge in [0.2, 0.25) is 12.7 Å². The van der Waals surface area contributed by atoms with Gasteiger partial charge in [-0.05, 0) is 20.8 Å². The summed E-state index contributed by atoms with van der Waals surface area (Å²) >= 11 is 0. The molecule has 27 heavy (non-hydrogen) atoms. The van der Waals surface area contributed by atoms with E-state index in [-0.39, 0.29) is 19.6 Å². The first-order chi connectivity index (χ1) is 12.3. The molecular weight excluding hydrogens is 387 g/mol. The highest BCUT2D eigenvalue weighted by molar-refractivity contribution is 7.48. The zero-order chi connectivity index (χ0) is 20.9. The minimum atomic E-state index is -4.10. The van der Waals surface area contributed by atoms with Gasteiger partial charge in [-0.25, -0.2) is 9.09 Å². The number of phosphoric acid groups is 1. The molecule has 1 aliphatic heterocycles. The fourth-order valence-corrected chi connectivity index (χ4v) is 3.45. The van der Waals surface area contributed by atoms with Crippen molar-refractivity contribution in [3.63, 3.8) is 0 Å². The van der Waals surface area contributed by atoms with Crippen LogP contribution in [-0.4, -0.2) is 51.0 Å². The molecule has 0 spiro atoms. The number of ether oxygens (including phenoxy) is 2. The normalized spacial score (nSPS) is 24.7. The van der Waals surface area contributed by atoms with Crippen LogP contribution in [0.4, 0.5) is 0 Å². The highest BCUT2D eigenvalue weighted by Crippen LogP contribution is 2.57. The molecule has 1 heterocycles. The van der Waals surface area contributed by atoms with Crippen LogP contribution in [0, 0.1) is 10.8 Å². The van der Waals surface area contributed by atoms with Crippen molar-refractivity contribution >= 4 is 25.7 Å². The van der Waals surface area contributed by atoms with Crippen LogP contribution in [0.25, 0.3) is 0 Å². The number of phosphoric ester groups is 1. The Morgan fingerprint density at radius 2 is 1.93 bits per heavy atom. The molecule has 0 aromatic rings. The molecule has 0 aliphatic carbocycles. The van der Waals surface area contributed by atoms with E-state index < -0.39 is 49.4 Å². The third kappa shape index (κ3) is 7.21. The number of hydrogen-bond donors (Lipinski definition) is 1. The number of carbonyl (C=O) groups is 3. The number of methoxy groups -OCH3 is 1. The van der Waals surface area contributed by atoms with Crippen molar-refractivity contribution in [1.29, 1.82) is 0 Å². The molecule has 10 nitrogen and oxygen atoms in total. The van der Waals surface area contributed by atoms with Gasteiger partial charge in [-0.2, -0.15) is 0 Å². The van der Waals surface area contributed by atoms with E-state index in [1.165, 1.54) is 7.11 Å². The Balaban J connectivity index is 2.65. The molecule has 0 aromatic heterocycles. The zero-order valence-corrected chi connectivity index (χ0v) is 17.4. The number of amides is 1. The van der Waals surface area contributed by atoms with E-state index in [1.54, 1.807) is 34.6 Å². The summed E-state index contributed by atoms with van der Waals surface area (Å²) in [6.07, 6.45) is -1.16. The molecule has 1 N–H and O–H groups in total. The maximum Gasteiger partial charge on any atom is 0.478 e. The summed E-state index contributed by atoms with van der Waals surface area (Å²) in [7, 11) is -2.85. The second kappa shape index (κ2) is 9.14. The van der Waals surface area contributed by atoms with E-state index >= 15 is 0 Å². The third-order valence-corrected chi connectivity index (χ3v) is 4.98. The molecule has 1 aliphatic rings. The first kappa shape index (κ1) is 23.6. The largest absolute Gasteiger partial charge is 0.478 e. The summed E-state index contributed by atoms with van der Waals surface area (Å²) in [5, 5.41) is 2.52. The van der Waals surface area contributed by atoms with Crippen LogP contribution in [0.5, 0.6) is 0 Å². The summed E-state index contributed by atoms with van der Waals surface area (Å²) in [6.45, 7) is 7.68. The smallest absolute Gasteiger partial charge is 0.469 e. The Kier molecular flexibility index (Phi) is 7.98. The topological polar surface area (TPSA) is 126 Å². The summed E-state index contributed by atoms with van der Waals surface area (Å²) in [5.74, 6) is -1.59. The van der Waals surface area contributed by atoms with Crippen molar-refractivity contribution in [1.82, 2.24) is 5.32 Å². The van der Waals surface area contributed by atoms with Crippen LogP contribution in [0.2, 0.25) is 0 Å². The lowest BCUT2D eigenvalue weighted by Gasteiger charge is -2.39. The Bertz CT molecular complexity index is 612. The minimum absolute atomic E-state index is 0.0111. The highest BCUT2D eigenvalue weighted by Gasteiger charge is 2.49. The number of nitrogens with one attached hydrogen (secondary N) is 1. The molecule has 0 saturated carbocycles. The molecule has 1 saturated heterocycles. The van der Waals surface area contributed by atoms with E-state index in [0.717, 1.165) is 0 Å². The van der Waals surface area contributed by atoms with Crippen molar-refractivity contribution in [2.24, 2.45) is 10.8 Å². The van der Waals surface area contributed by atoms with E-state index in [0.29, 0.717) is 0 Å². The number of esters is 2. The summed E-state index contributed by atoms with van der Waals surface area (Å²) < 4.78 is 37.4. The first-order valence-electron chi connectivity index (χ1n) is 8.40. The van der Waals surface area contributed by atoms with Crippen LogP contribution in [0.1, 0.15) is 41.0 Å². The van der Waals surface area contributed by atoms with Crippen LogP contribution < -0.4 is 5.32 Å². The van der Waals surface area contributed by atoms with Gasteiger partial charge in [0.15, 0.2) is 6.10 Å². The van der Waals surface area contributed by atoms with Crippen molar-refractivity contribution in [3.8, 4) is 0 Å². The Morgan fingerprint density at radius 3 is 2.48 bits per heavy atom. The number of hydrogen-bond acceptors (Lipinski definition) is 9. The lowest BCUT2D eigenvalue weighted by Crippen LogP contribution is -2.50. The van der Waals surface area contributed by atoms with Crippen LogP contribution >= 0.6 is 7.82 Å². The molecule has 0 radical (unpaired) electrons. The quantitative estimate of drug-likeness (QED) is 0.165. The van der Waals surface area contributed by atoms with Crippen molar-refractivity contribution in [3.05, 3.63) is 0 Å². The number of carbonyl (C=O) groups excluding carboxylic acids is 3. The highest BCUT2D eigenvalue weighted by atomic mass is 31.2. The molecule has 1 amide bonds. The average Bonchev–Trinajstić information content (AvgIpc) is 2.56. The maximum atomic E-state index is 12.6. The Hall–Kier alpha value is -1.48. The summed E-state index contributed by atoms with van der Waals surface area (Å²) in [5.41, 5.74) is -1.55. The second-order valence-corrected chi connectivity index (χ2v) is 9.36. The van der Waals surface area contributed by atoms with Gasteiger partial charge >= 0.3 is 19.8 Å². The van der Waals surface area contributed by atoms with Crippen LogP contribution in [0.15, 0.2) is 0 Å². The van der Waals surface area contributed by atoms with Crippen LogP contribution in [-0.2, 0) is 42.0 Å². The molecule has 0 bridgehead atoms. The molecule has 1 unspecified atom stereocenters. The lowest BCUT2D eigenvalue weighted by atomic mass is 9.87. The van der Waals surface area contributed by atoms with Crippen molar-refractivity contribution in [2.45, 2.75) is 47.1 Å². The van der Waals surface area contributed by atoms with Crippen molar-refractivity contribution < 1.29 is 42.0 Å². The van der Waals surface area contributed by atoms with E-state index in [2.05, 4.69) is 10.1 Å². The fourth-order valence-electron chi connectivity index (χ4n) is 1.94. The van der Waals surface area contributed by atoms with E-state index in [1.807, 2.05) is 0 Å². The van der Waals surface area contributed by atoms with Gasteiger partial charge < -0.3 is 14.8 Å². The van der Waals surface area contributed by atoms with Gasteiger partial charge in [-0.15, -0.1) is 0 Å². The fraction of sp³-hybridized carbons (Fsp3) is 0.812. The van der Waals surface area contributed by atoms with Crippen molar-refractivity contribution in [2.75, 3.05) is 27.1 Å². The predicted octanol–water partition coefficient (Wildman–Crippen LogP) is 1.78. The third-order valence-electron chi connectivity index (χ3n) is 3.65. The molecule has 2 atom stereocenters. The summed E-state index contributed by atoms with van der Waals surface area (Å²) in [6, 6.07) is 0. The first-order valence-corrected chi connectivity index (χ1v) is 9.86. The van der Waals surface area contributed by atoms with E-state index in [9.17, 15) is 18.9 Å². The standard InChI is InChI=1S/C16H28NO9P/c1-15(2,3)14(20)23-10-25-27(21)24-9-16(4,5)12(26-27)13(19)17-8-7-11(18)22-6/h12H,7-10H2,1-6H3,(H,17,19)/t12-,27?/m0/s1/i7+1,8+1,11+1,17+1,21+2. The SMILES string of the molecule is CO[13C](=O)[13CH2][13CH2][15NH]C(=O)[C@@H]1OP(=[18O])(OCOC(=O)C(C)(C)C)OCC1(C)C. The second-order valence-electron chi connectivity index (χ2n) is 7.74. The average molecular weight is 415 g/mol. The van der Waals surface area contributed by atoms with Gasteiger partial charge in [0, 0.05) is 12.0 Å². The summed E-state index contributed by atoms with van der Waals surface area (Å²) in [4.78, 5) is 35.2. The molecule has 1 rings (SSSR count). The van der Waals surface area contributed by atoms with Gasteiger partial charge in [0.1, 0.15) is 0 Å². The van der Waals surface area contributed by atoms with Gasteiger partial charge in [-0.3, -0.25) is 23.4 Å². The lowest BCUT2D eigenvalue weighted by molar-refractivity contribution is -0.163. The Morgan fingerprint density at radius 1 is 1.30 bits per heavy atom. The predicted molar refractivity (Wildman–Crippen MR) is 93.4 cm³/mol. The zero-order valence-electron chi connectivity index (χ0n) is 16.5. The van der Waals surface area contributed by atoms with Gasteiger partial charge in [0.25, 0.3) is 0 Å². The molecule has 11 heteroatoms. The Labute approximate surface area is 158 Å². The molecule has 156 valence electrons. The molecule has 0 aromatic carbocycles. The van der Waals surface area contributed by atoms with Crippen LogP contribution in [0.3, 0.4) is 0 Å².